The third-order valence-corrected chi connectivity index (χ3v) is 4.16. The van der Waals surface area contributed by atoms with Crippen molar-refractivity contribution in [1.29, 1.82) is 0 Å². The minimum Gasteiger partial charge on any atom is -0.271 e. The Morgan fingerprint density at radius 1 is 1.50 bits per heavy atom. The van der Waals surface area contributed by atoms with Crippen LogP contribution in [0.3, 0.4) is 0 Å². The van der Waals surface area contributed by atoms with E-state index in [1.165, 1.54) is 11.1 Å². The van der Waals surface area contributed by atoms with Gasteiger partial charge >= 0.3 is 0 Å². The van der Waals surface area contributed by atoms with Crippen molar-refractivity contribution >= 4 is 15.9 Å². The number of hydrogen-bond donors (Lipinski definition) is 2. The summed E-state index contributed by atoms with van der Waals surface area (Å²) in [6, 6.07) is 8.48. The lowest BCUT2D eigenvalue weighted by Crippen LogP contribution is -2.38. The number of rotatable bonds is 3. The van der Waals surface area contributed by atoms with Gasteiger partial charge < -0.3 is 0 Å². The zero-order valence-corrected chi connectivity index (χ0v) is 11.6. The summed E-state index contributed by atoms with van der Waals surface area (Å²) in [7, 11) is 1.88. The summed E-state index contributed by atoms with van der Waals surface area (Å²) in [6.45, 7) is 0. The number of aromatic nitrogens is 3. The molecule has 18 heavy (non-hydrogen) atoms. The van der Waals surface area contributed by atoms with E-state index in [-0.39, 0.29) is 6.04 Å². The molecule has 0 saturated carbocycles. The van der Waals surface area contributed by atoms with Gasteiger partial charge in [0.15, 0.2) is 4.60 Å². The van der Waals surface area contributed by atoms with Crippen LogP contribution in [0.15, 0.2) is 28.9 Å². The SMILES string of the molecule is Cn1nnc(Br)c1C(NN)C1Cc2ccccc21. The second-order valence-corrected chi connectivity index (χ2v) is 5.29. The van der Waals surface area contributed by atoms with Crippen LogP contribution in [0.4, 0.5) is 0 Å². The average molecular weight is 308 g/mol. The Hall–Kier alpha value is -1.24. The minimum atomic E-state index is 0.0225. The van der Waals surface area contributed by atoms with Crippen LogP contribution in [0.1, 0.15) is 28.8 Å². The molecule has 5 nitrogen and oxygen atoms in total. The number of nitrogens with two attached hydrogens (primary N) is 1. The van der Waals surface area contributed by atoms with Crippen LogP contribution in [-0.2, 0) is 13.5 Å². The van der Waals surface area contributed by atoms with Crippen LogP contribution in [0.2, 0.25) is 0 Å². The molecule has 1 heterocycles. The number of nitrogens with zero attached hydrogens (tertiary/aromatic N) is 3. The van der Waals surface area contributed by atoms with Gasteiger partial charge in [-0.25, -0.2) is 4.68 Å². The first-order valence-electron chi connectivity index (χ1n) is 5.81. The molecule has 0 saturated heterocycles. The normalized spacial score (nSPS) is 19.2. The fourth-order valence-corrected chi connectivity index (χ4v) is 3.22. The van der Waals surface area contributed by atoms with Crippen LogP contribution in [-0.4, -0.2) is 15.0 Å². The molecule has 3 rings (SSSR count). The first-order chi connectivity index (χ1) is 8.72. The number of hydrazine groups is 1. The smallest absolute Gasteiger partial charge is 0.153 e. The molecule has 1 aromatic heterocycles. The van der Waals surface area contributed by atoms with E-state index in [9.17, 15) is 0 Å². The number of benzene rings is 1. The fraction of sp³-hybridized carbons (Fsp3) is 0.333. The van der Waals surface area contributed by atoms with Crippen LogP contribution in [0.5, 0.6) is 0 Å². The van der Waals surface area contributed by atoms with Crippen molar-refractivity contribution in [2.24, 2.45) is 12.9 Å². The van der Waals surface area contributed by atoms with Crippen LogP contribution in [0, 0.1) is 0 Å². The number of fused-ring (bicyclic) bond motifs is 1. The molecule has 1 aliphatic carbocycles. The lowest BCUT2D eigenvalue weighted by Gasteiger charge is -2.36. The van der Waals surface area contributed by atoms with E-state index in [2.05, 4.69) is 55.9 Å². The molecule has 3 N–H and O–H groups in total. The highest BCUT2D eigenvalue weighted by molar-refractivity contribution is 9.10. The first kappa shape index (κ1) is 11.8. The lowest BCUT2D eigenvalue weighted by atomic mass is 9.73. The molecule has 2 aromatic rings. The van der Waals surface area contributed by atoms with Gasteiger partial charge in [0.05, 0.1) is 11.7 Å². The van der Waals surface area contributed by atoms with Gasteiger partial charge in [-0.1, -0.05) is 29.5 Å². The van der Waals surface area contributed by atoms with Crippen molar-refractivity contribution in [1.82, 2.24) is 20.4 Å². The standard InChI is InChI=1S/C12H14BrN5/c1-18-11(12(13)16-17-18)10(15-14)9-6-7-4-2-3-5-8(7)9/h2-5,9-10,15H,6,14H2,1H3. The largest absolute Gasteiger partial charge is 0.271 e. The summed E-state index contributed by atoms with van der Waals surface area (Å²) in [5, 5.41) is 8.02. The van der Waals surface area contributed by atoms with Crippen LogP contribution < -0.4 is 11.3 Å². The molecule has 2 atom stereocenters. The summed E-state index contributed by atoms with van der Waals surface area (Å²) in [4.78, 5) is 0. The Morgan fingerprint density at radius 2 is 2.28 bits per heavy atom. The van der Waals surface area contributed by atoms with Gasteiger partial charge in [-0.2, -0.15) is 0 Å². The van der Waals surface area contributed by atoms with Gasteiger partial charge in [-0.15, -0.1) is 5.10 Å². The first-order valence-corrected chi connectivity index (χ1v) is 6.60. The molecule has 0 fully saturated rings. The summed E-state index contributed by atoms with van der Waals surface area (Å²) in [6.07, 6.45) is 1.03. The van der Waals surface area contributed by atoms with Gasteiger partial charge in [-0.3, -0.25) is 11.3 Å². The van der Waals surface area contributed by atoms with E-state index < -0.39 is 0 Å². The van der Waals surface area contributed by atoms with Crippen molar-refractivity contribution in [2.45, 2.75) is 18.4 Å². The van der Waals surface area contributed by atoms with Crippen molar-refractivity contribution in [3.05, 3.63) is 45.7 Å². The van der Waals surface area contributed by atoms with Gasteiger partial charge in [0.2, 0.25) is 0 Å². The molecule has 94 valence electrons. The number of nitrogens with one attached hydrogen (secondary N) is 1. The molecule has 0 bridgehead atoms. The summed E-state index contributed by atoms with van der Waals surface area (Å²) < 4.78 is 2.51. The van der Waals surface area contributed by atoms with E-state index in [1.807, 2.05) is 7.05 Å². The Labute approximate surface area is 113 Å². The minimum absolute atomic E-state index is 0.0225. The summed E-state index contributed by atoms with van der Waals surface area (Å²) in [5.74, 6) is 6.10. The molecule has 0 spiro atoms. The molecule has 1 aromatic carbocycles. The molecule has 2 unspecified atom stereocenters. The Morgan fingerprint density at radius 3 is 2.89 bits per heavy atom. The topological polar surface area (TPSA) is 68.8 Å². The van der Waals surface area contributed by atoms with Crippen molar-refractivity contribution in [3.8, 4) is 0 Å². The molecule has 6 heteroatoms. The van der Waals surface area contributed by atoms with Gasteiger partial charge in [0, 0.05) is 13.0 Å². The summed E-state index contributed by atoms with van der Waals surface area (Å²) >= 11 is 3.43. The highest BCUT2D eigenvalue weighted by atomic mass is 79.9. The van der Waals surface area contributed by atoms with Crippen LogP contribution >= 0.6 is 15.9 Å². The second kappa shape index (κ2) is 4.46. The highest BCUT2D eigenvalue weighted by Crippen LogP contribution is 2.43. The Bertz CT molecular complexity index is 560. The lowest BCUT2D eigenvalue weighted by molar-refractivity contribution is 0.396. The number of halogens is 1. The third-order valence-electron chi connectivity index (χ3n) is 3.60. The predicted octanol–water partition coefficient (Wildman–Crippen LogP) is 1.42. The van der Waals surface area contributed by atoms with Crippen molar-refractivity contribution in [2.75, 3.05) is 0 Å². The molecule has 0 amide bonds. The predicted molar refractivity (Wildman–Crippen MR) is 71.7 cm³/mol. The van der Waals surface area contributed by atoms with Gasteiger partial charge in [-0.05, 0) is 33.5 Å². The van der Waals surface area contributed by atoms with E-state index in [0.717, 1.165) is 16.7 Å². The zero-order chi connectivity index (χ0) is 12.7. The number of hydrogen-bond acceptors (Lipinski definition) is 4. The Balaban J connectivity index is 1.97. The van der Waals surface area contributed by atoms with E-state index in [4.69, 9.17) is 5.84 Å². The molecule has 0 aliphatic heterocycles. The number of aryl methyl sites for hydroxylation is 1. The van der Waals surface area contributed by atoms with Crippen molar-refractivity contribution < 1.29 is 0 Å². The van der Waals surface area contributed by atoms with E-state index in [1.54, 1.807) is 4.68 Å². The molecular weight excluding hydrogens is 294 g/mol. The molecular formula is C12H14BrN5. The highest BCUT2D eigenvalue weighted by Gasteiger charge is 2.36. The van der Waals surface area contributed by atoms with Gasteiger partial charge in [0.25, 0.3) is 0 Å². The summed E-state index contributed by atoms with van der Waals surface area (Å²) in [5.41, 5.74) is 6.63. The van der Waals surface area contributed by atoms with E-state index >= 15 is 0 Å². The maximum absolute atomic E-state index is 5.73. The Kier molecular flexibility index (Phi) is 2.93. The quantitative estimate of drug-likeness (QED) is 0.665. The average Bonchev–Trinajstić information content (AvgIpc) is 2.67. The van der Waals surface area contributed by atoms with Gasteiger partial charge in [0.1, 0.15) is 0 Å². The van der Waals surface area contributed by atoms with Crippen molar-refractivity contribution in [3.63, 3.8) is 0 Å². The maximum atomic E-state index is 5.73. The van der Waals surface area contributed by atoms with Crippen LogP contribution in [0.25, 0.3) is 0 Å². The third kappa shape index (κ3) is 1.68. The molecule has 1 aliphatic rings. The molecule has 0 radical (unpaired) electrons. The fourth-order valence-electron chi connectivity index (χ4n) is 2.65. The van der Waals surface area contributed by atoms with E-state index in [0.29, 0.717) is 5.92 Å². The second-order valence-electron chi connectivity index (χ2n) is 4.54. The maximum Gasteiger partial charge on any atom is 0.153 e. The zero-order valence-electron chi connectivity index (χ0n) is 9.97. The monoisotopic (exact) mass is 307 g/mol.